The van der Waals surface area contributed by atoms with E-state index < -0.39 is 5.41 Å². The number of primary amides is 1. The van der Waals surface area contributed by atoms with Gasteiger partial charge >= 0.3 is 0 Å². The lowest BCUT2D eigenvalue weighted by molar-refractivity contribution is -0.125. The molecule has 3 nitrogen and oxygen atoms in total. The molecule has 1 rings (SSSR count). The second kappa shape index (κ2) is 6.89. The first kappa shape index (κ1) is 16.7. The second-order valence-corrected chi connectivity index (χ2v) is 6.69. The van der Waals surface area contributed by atoms with Crippen molar-refractivity contribution in [2.75, 3.05) is 6.54 Å². The summed E-state index contributed by atoms with van der Waals surface area (Å²) in [6.45, 7) is 10.9. The second-order valence-electron chi connectivity index (χ2n) is 6.69. The summed E-state index contributed by atoms with van der Waals surface area (Å²) in [6, 6.07) is 8.90. The van der Waals surface area contributed by atoms with Crippen LogP contribution in [0.2, 0.25) is 0 Å². The number of carbonyl (C=O) groups is 1. The van der Waals surface area contributed by atoms with E-state index >= 15 is 0 Å². The summed E-state index contributed by atoms with van der Waals surface area (Å²) in [6.07, 6.45) is 1.11. The molecule has 1 amide bonds. The highest BCUT2D eigenvalue weighted by atomic mass is 16.1. The van der Waals surface area contributed by atoms with Crippen molar-refractivity contribution in [1.82, 2.24) is 5.32 Å². The van der Waals surface area contributed by atoms with Crippen molar-refractivity contribution in [3.8, 4) is 0 Å². The molecule has 0 aliphatic carbocycles. The maximum atomic E-state index is 11.3. The van der Waals surface area contributed by atoms with E-state index in [1.165, 1.54) is 11.1 Å². The van der Waals surface area contributed by atoms with Crippen molar-refractivity contribution in [3.05, 3.63) is 35.4 Å². The highest BCUT2D eigenvalue weighted by molar-refractivity contribution is 5.80. The van der Waals surface area contributed by atoms with Gasteiger partial charge < -0.3 is 11.1 Å². The van der Waals surface area contributed by atoms with Crippen LogP contribution in [0.5, 0.6) is 0 Å². The molecule has 0 aliphatic rings. The average molecular weight is 276 g/mol. The molecule has 1 unspecified atom stereocenters. The summed E-state index contributed by atoms with van der Waals surface area (Å²) in [7, 11) is 0. The molecule has 0 saturated carbocycles. The van der Waals surface area contributed by atoms with Crippen LogP contribution < -0.4 is 11.1 Å². The zero-order chi connectivity index (χ0) is 15.3. The summed E-state index contributed by atoms with van der Waals surface area (Å²) >= 11 is 0. The minimum absolute atomic E-state index is 0.210. The van der Waals surface area contributed by atoms with Crippen molar-refractivity contribution >= 4 is 5.91 Å². The first-order chi connectivity index (χ1) is 9.22. The predicted octanol–water partition coefficient (Wildman–Crippen LogP) is 3.05. The molecule has 0 aliphatic heterocycles. The Morgan fingerprint density at radius 2 is 1.75 bits per heavy atom. The smallest absolute Gasteiger partial charge is 0.224 e. The highest BCUT2D eigenvalue weighted by Crippen LogP contribution is 2.18. The van der Waals surface area contributed by atoms with Crippen LogP contribution in [0.3, 0.4) is 0 Å². The van der Waals surface area contributed by atoms with E-state index in [4.69, 9.17) is 5.73 Å². The van der Waals surface area contributed by atoms with Crippen molar-refractivity contribution in [2.45, 2.75) is 47.1 Å². The fourth-order valence-corrected chi connectivity index (χ4v) is 2.03. The molecule has 0 saturated heterocycles. The molecule has 3 heteroatoms. The third kappa shape index (κ3) is 4.97. The summed E-state index contributed by atoms with van der Waals surface area (Å²) in [4.78, 5) is 11.3. The Balaban J connectivity index is 2.60. The Labute approximate surface area is 122 Å². The molecule has 0 aromatic heterocycles. The van der Waals surface area contributed by atoms with E-state index in [0.29, 0.717) is 12.5 Å². The molecule has 0 heterocycles. The van der Waals surface area contributed by atoms with E-state index in [1.54, 1.807) is 0 Å². The van der Waals surface area contributed by atoms with Crippen molar-refractivity contribution in [3.63, 3.8) is 0 Å². The maximum absolute atomic E-state index is 11.3. The molecule has 0 bridgehead atoms. The lowest BCUT2D eigenvalue weighted by atomic mass is 9.92. The number of hydrogen-bond acceptors (Lipinski definition) is 2. The Kier molecular flexibility index (Phi) is 5.75. The predicted molar refractivity (Wildman–Crippen MR) is 84.4 cm³/mol. The van der Waals surface area contributed by atoms with Crippen molar-refractivity contribution in [2.24, 2.45) is 17.1 Å². The van der Waals surface area contributed by atoms with E-state index in [2.05, 4.69) is 50.4 Å². The average Bonchev–Trinajstić information content (AvgIpc) is 2.36. The first-order valence-corrected chi connectivity index (χ1v) is 7.34. The van der Waals surface area contributed by atoms with E-state index in [9.17, 15) is 4.79 Å². The third-order valence-corrected chi connectivity index (χ3v) is 3.64. The van der Waals surface area contributed by atoms with Gasteiger partial charge in [-0.25, -0.2) is 0 Å². The van der Waals surface area contributed by atoms with Gasteiger partial charge in [0.25, 0.3) is 0 Å². The highest BCUT2D eigenvalue weighted by Gasteiger charge is 2.25. The molecule has 1 atom stereocenters. The lowest BCUT2D eigenvalue weighted by Crippen LogP contribution is -2.41. The Morgan fingerprint density at radius 3 is 2.20 bits per heavy atom. The van der Waals surface area contributed by atoms with Crippen LogP contribution in [-0.2, 0) is 11.2 Å². The number of nitrogens with one attached hydrogen (secondary N) is 1. The summed E-state index contributed by atoms with van der Waals surface area (Å²) < 4.78 is 0. The topological polar surface area (TPSA) is 55.1 Å². The van der Waals surface area contributed by atoms with Crippen LogP contribution in [0.25, 0.3) is 0 Å². The van der Waals surface area contributed by atoms with Crippen molar-refractivity contribution < 1.29 is 4.79 Å². The van der Waals surface area contributed by atoms with Gasteiger partial charge in [-0.3, -0.25) is 4.79 Å². The Bertz CT molecular complexity index is 435. The molecule has 20 heavy (non-hydrogen) atoms. The van der Waals surface area contributed by atoms with Crippen LogP contribution in [0.4, 0.5) is 0 Å². The molecule has 3 N–H and O–H groups in total. The van der Waals surface area contributed by atoms with Gasteiger partial charge in [-0.05, 0) is 44.2 Å². The van der Waals surface area contributed by atoms with Gasteiger partial charge in [0.15, 0.2) is 0 Å². The van der Waals surface area contributed by atoms with Crippen molar-refractivity contribution in [1.29, 1.82) is 0 Å². The van der Waals surface area contributed by atoms with Gasteiger partial charge in [0.2, 0.25) is 5.91 Å². The van der Waals surface area contributed by atoms with Gasteiger partial charge in [0.05, 0.1) is 5.41 Å². The normalized spacial score (nSPS) is 13.5. The molecule has 0 spiro atoms. The van der Waals surface area contributed by atoms with E-state index in [0.717, 1.165) is 6.42 Å². The van der Waals surface area contributed by atoms with E-state index in [-0.39, 0.29) is 11.9 Å². The molecular formula is C17H28N2O. The quantitative estimate of drug-likeness (QED) is 0.804. The van der Waals surface area contributed by atoms with Crippen LogP contribution in [-0.4, -0.2) is 12.5 Å². The van der Waals surface area contributed by atoms with Gasteiger partial charge in [-0.2, -0.15) is 0 Å². The fourth-order valence-electron chi connectivity index (χ4n) is 2.03. The molecular weight excluding hydrogens is 248 g/mol. The minimum Gasteiger partial charge on any atom is -0.369 e. The number of hydrogen-bond donors (Lipinski definition) is 2. The molecule has 1 aromatic rings. The standard InChI is InChI=1S/C17H28N2O/c1-12(2)10-14-6-8-15(9-7-14)13(3)19-11-17(4,5)16(18)20/h6-9,12-13,19H,10-11H2,1-5H3,(H2,18,20). The van der Waals surface area contributed by atoms with E-state index in [1.807, 2.05) is 13.8 Å². The monoisotopic (exact) mass is 276 g/mol. The Morgan fingerprint density at radius 1 is 1.20 bits per heavy atom. The van der Waals surface area contributed by atoms with Gasteiger partial charge in [0.1, 0.15) is 0 Å². The number of rotatable bonds is 7. The van der Waals surface area contributed by atoms with Crippen LogP contribution in [0.1, 0.15) is 51.8 Å². The molecule has 0 radical (unpaired) electrons. The summed E-state index contributed by atoms with van der Waals surface area (Å²) in [5.41, 5.74) is 7.46. The van der Waals surface area contributed by atoms with Crippen LogP contribution in [0, 0.1) is 11.3 Å². The molecule has 0 fully saturated rings. The minimum atomic E-state index is -0.522. The zero-order valence-corrected chi connectivity index (χ0v) is 13.4. The first-order valence-electron chi connectivity index (χ1n) is 7.34. The number of nitrogens with two attached hydrogens (primary N) is 1. The van der Waals surface area contributed by atoms with Gasteiger partial charge in [0, 0.05) is 12.6 Å². The third-order valence-electron chi connectivity index (χ3n) is 3.64. The molecule has 1 aromatic carbocycles. The SMILES string of the molecule is CC(C)Cc1ccc(C(C)NCC(C)(C)C(N)=O)cc1. The van der Waals surface area contributed by atoms with Gasteiger partial charge in [-0.15, -0.1) is 0 Å². The van der Waals surface area contributed by atoms with Crippen LogP contribution in [0.15, 0.2) is 24.3 Å². The summed E-state index contributed by atoms with van der Waals surface area (Å²) in [5.74, 6) is 0.400. The maximum Gasteiger partial charge on any atom is 0.224 e. The fraction of sp³-hybridized carbons (Fsp3) is 0.588. The summed E-state index contributed by atoms with van der Waals surface area (Å²) in [5, 5.41) is 3.38. The number of carbonyl (C=O) groups excluding carboxylic acids is 1. The van der Waals surface area contributed by atoms with Gasteiger partial charge in [-0.1, -0.05) is 38.1 Å². The zero-order valence-electron chi connectivity index (χ0n) is 13.4. The number of amides is 1. The number of benzene rings is 1. The van der Waals surface area contributed by atoms with Crippen LogP contribution >= 0.6 is 0 Å². The lowest BCUT2D eigenvalue weighted by Gasteiger charge is -2.24. The Hall–Kier alpha value is -1.35. The largest absolute Gasteiger partial charge is 0.369 e. The molecule has 112 valence electrons.